The summed E-state index contributed by atoms with van der Waals surface area (Å²) in [6.07, 6.45) is 6.66. The van der Waals surface area contributed by atoms with Crippen LogP contribution >= 0.6 is 0 Å². The van der Waals surface area contributed by atoms with Crippen LogP contribution in [-0.2, 0) is 12.8 Å². The van der Waals surface area contributed by atoms with Crippen LogP contribution in [0.5, 0.6) is 5.75 Å². The van der Waals surface area contributed by atoms with E-state index in [1.807, 2.05) is 45.9 Å². The number of allylic oxidation sites excluding steroid dienone is 3. The molecule has 1 rings (SSSR count). The van der Waals surface area contributed by atoms with Crippen molar-refractivity contribution in [2.24, 2.45) is 0 Å². The first-order valence-electron chi connectivity index (χ1n) is 9.37. The summed E-state index contributed by atoms with van der Waals surface area (Å²) < 4.78 is 5.56. The van der Waals surface area contributed by atoms with E-state index in [0.29, 0.717) is 25.0 Å². The molecule has 0 spiro atoms. The third-order valence-electron chi connectivity index (χ3n) is 4.53. The highest BCUT2D eigenvalue weighted by Gasteiger charge is 2.15. The highest BCUT2D eigenvalue weighted by Crippen LogP contribution is 2.28. The second-order valence-electron chi connectivity index (χ2n) is 7.23. The van der Waals surface area contributed by atoms with Gasteiger partial charge in [0.15, 0.2) is 0 Å². The third-order valence-corrected chi connectivity index (χ3v) is 4.53. The fourth-order valence-electron chi connectivity index (χ4n) is 2.73. The van der Waals surface area contributed by atoms with Crippen molar-refractivity contribution in [1.82, 2.24) is 0 Å². The van der Waals surface area contributed by atoms with E-state index in [4.69, 9.17) is 4.74 Å². The zero-order valence-electron chi connectivity index (χ0n) is 17.5. The molecule has 5 nitrogen and oxygen atoms in total. The average Bonchev–Trinajstić information content (AvgIpc) is 2.67. The van der Waals surface area contributed by atoms with Gasteiger partial charge in [0, 0.05) is 0 Å². The van der Waals surface area contributed by atoms with Crippen molar-refractivity contribution < 1.29 is 24.9 Å². The Kier molecular flexibility index (Phi) is 9.69. The van der Waals surface area contributed by atoms with Crippen LogP contribution in [0.2, 0.25) is 0 Å². The number of rotatable bonds is 10. The lowest BCUT2D eigenvalue weighted by Gasteiger charge is -2.15. The van der Waals surface area contributed by atoms with Crippen molar-refractivity contribution in [2.75, 3.05) is 13.7 Å². The van der Waals surface area contributed by atoms with E-state index in [-0.39, 0.29) is 12.2 Å². The molecule has 1 unspecified atom stereocenters. The minimum Gasteiger partial charge on any atom is -0.496 e. The quantitative estimate of drug-likeness (QED) is 0.526. The summed E-state index contributed by atoms with van der Waals surface area (Å²) in [6, 6.07) is 3.21. The smallest absolute Gasteiger partial charge is 0.335 e. The van der Waals surface area contributed by atoms with Gasteiger partial charge in [-0.2, -0.15) is 0 Å². The molecule has 0 aliphatic carbocycles. The molecule has 1 aromatic carbocycles. The highest BCUT2D eigenvalue weighted by atomic mass is 16.5. The number of carbonyl (C=O) groups is 1. The van der Waals surface area contributed by atoms with E-state index >= 15 is 0 Å². The minimum absolute atomic E-state index is 0.0424. The average molecular weight is 389 g/mol. The van der Waals surface area contributed by atoms with Crippen LogP contribution < -0.4 is 4.74 Å². The van der Waals surface area contributed by atoms with Gasteiger partial charge in [0.05, 0.1) is 25.4 Å². The molecule has 0 bridgehead atoms. The molecule has 0 aromatic heterocycles. The highest BCUT2D eigenvalue weighted by molar-refractivity contribution is 5.88. The van der Waals surface area contributed by atoms with Gasteiger partial charge >= 0.3 is 5.97 Å². The number of aliphatic hydroxyl groups excluding tert-OH is 2. The van der Waals surface area contributed by atoms with Crippen LogP contribution in [0.25, 0.3) is 0 Å². The molecule has 1 atom stereocenters. The Hall–Kier alpha value is -2.37. The molecular formula is C23H32O5. The van der Waals surface area contributed by atoms with E-state index in [1.54, 1.807) is 19.2 Å². The molecule has 154 valence electrons. The van der Waals surface area contributed by atoms with Crippen LogP contribution in [-0.4, -0.2) is 41.1 Å². The number of benzene rings is 1. The first-order chi connectivity index (χ1) is 13.2. The minimum atomic E-state index is -1.00. The van der Waals surface area contributed by atoms with Crippen LogP contribution in [0.4, 0.5) is 0 Å². The monoisotopic (exact) mass is 388 g/mol. The summed E-state index contributed by atoms with van der Waals surface area (Å²) in [5.74, 6) is -0.368. The lowest BCUT2D eigenvalue weighted by molar-refractivity contribution is 0.0696. The van der Waals surface area contributed by atoms with Gasteiger partial charge in [0.2, 0.25) is 0 Å². The molecule has 0 saturated carbocycles. The molecule has 1 aromatic rings. The normalized spacial score (nSPS) is 13.2. The standard InChI is InChI=1S/C23H32O5/c1-15(2)6-11-21(25)17(4)8-10-19-13-20(23(26)27)12-18(22(19)28-5)9-7-16(3)14-24/h6-8,12-13,21,24-25H,9-11,14H2,1-5H3,(H,26,27). The number of aliphatic hydroxyl groups is 2. The fourth-order valence-corrected chi connectivity index (χ4v) is 2.73. The summed E-state index contributed by atoms with van der Waals surface area (Å²) in [5, 5.41) is 28.9. The summed E-state index contributed by atoms with van der Waals surface area (Å²) in [5.41, 5.74) is 4.48. The largest absolute Gasteiger partial charge is 0.496 e. The Balaban J connectivity index is 3.21. The summed E-state index contributed by atoms with van der Waals surface area (Å²) in [4.78, 5) is 11.5. The fraction of sp³-hybridized carbons (Fsp3) is 0.435. The number of carboxylic acids is 1. The Labute approximate surface area is 167 Å². The summed E-state index contributed by atoms with van der Waals surface area (Å²) in [6.45, 7) is 7.62. The van der Waals surface area contributed by atoms with Gasteiger partial charge in [-0.05, 0) is 75.8 Å². The number of ether oxygens (including phenoxy) is 1. The van der Waals surface area contributed by atoms with E-state index in [1.165, 1.54) is 0 Å². The molecule has 3 N–H and O–H groups in total. The van der Waals surface area contributed by atoms with Crippen LogP contribution in [0.15, 0.2) is 47.1 Å². The van der Waals surface area contributed by atoms with Crippen LogP contribution in [0.3, 0.4) is 0 Å². The Bertz CT molecular complexity index is 767. The van der Waals surface area contributed by atoms with Crippen molar-refractivity contribution >= 4 is 5.97 Å². The van der Waals surface area contributed by atoms with Gasteiger partial charge in [0.25, 0.3) is 0 Å². The Morgan fingerprint density at radius 3 is 2.11 bits per heavy atom. The second-order valence-corrected chi connectivity index (χ2v) is 7.23. The van der Waals surface area contributed by atoms with E-state index < -0.39 is 12.1 Å². The number of methoxy groups -OCH3 is 1. The van der Waals surface area contributed by atoms with E-state index in [9.17, 15) is 20.1 Å². The van der Waals surface area contributed by atoms with Gasteiger partial charge in [-0.1, -0.05) is 29.4 Å². The van der Waals surface area contributed by atoms with Gasteiger partial charge in [-0.15, -0.1) is 0 Å². The van der Waals surface area contributed by atoms with Crippen molar-refractivity contribution in [3.63, 3.8) is 0 Å². The van der Waals surface area contributed by atoms with E-state index in [2.05, 4.69) is 0 Å². The van der Waals surface area contributed by atoms with Gasteiger partial charge in [0.1, 0.15) is 5.75 Å². The second kappa shape index (κ2) is 11.5. The van der Waals surface area contributed by atoms with Crippen LogP contribution in [0, 0.1) is 0 Å². The molecule has 0 radical (unpaired) electrons. The summed E-state index contributed by atoms with van der Waals surface area (Å²) in [7, 11) is 1.56. The van der Waals surface area contributed by atoms with Gasteiger partial charge < -0.3 is 20.1 Å². The lowest BCUT2D eigenvalue weighted by Crippen LogP contribution is -2.08. The molecule has 0 fully saturated rings. The number of hydrogen-bond donors (Lipinski definition) is 3. The number of aromatic carboxylic acids is 1. The SMILES string of the molecule is COc1c(CC=C(C)CO)cc(C(=O)O)cc1CC=C(C)C(O)CC=C(C)C. The maximum absolute atomic E-state index is 11.5. The molecule has 28 heavy (non-hydrogen) atoms. The molecule has 0 heterocycles. The molecule has 0 aliphatic heterocycles. The topological polar surface area (TPSA) is 87.0 Å². The molecule has 0 aliphatic rings. The number of hydrogen-bond acceptors (Lipinski definition) is 4. The van der Waals surface area contributed by atoms with Crippen molar-refractivity contribution in [1.29, 1.82) is 0 Å². The van der Waals surface area contributed by atoms with Crippen molar-refractivity contribution in [3.8, 4) is 5.75 Å². The zero-order valence-corrected chi connectivity index (χ0v) is 17.5. The van der Waals surface area contributed by atoms with Crippen molar-refractivity contribution in [2.45, 2.75) is 53.1 Å². The Morgan fingerprint density at radius 1 is 1.07 bits per heavy atom. The zero-order chi connectivity index (χ0) is 21.3. The van der Waals surface area contributed by atoms with Crippen molar-refractivity contribution in [3.05, 3.63) is 63.8 Å². The molecule has 0 saturated heterocycles. The molecular weight excluding hydrogens is 356 g/mol. The predicted molar refractivity (Wildman–Crippen MR) is 112 cm³/mol. The third kappa shape index (κ3) is 7.33. The maximum atomic E-state index is 11.5. The van der Waals surface area contributed by atoms with Gasteiger partial charge in [-0.3, -0.25) is 0 Å². The lowest BCUT2D eigenvalue weighted by atomic mass is 9.97. The van der Waals surface area contributed by atoms with Crippen LogP contribution in [0.1, 0.15) is 55.6 Å². The number of carboxylic acid groups (broad SMARTS) is 1. The Morgan fingerprint density at radius 2 is 1.64 bits per heavy atom. The predicted octanol–water partition coefficient (Wildman–Crippen LogP) is 4.08. The summed E-state index contributed by atoms with van der Waals surface area (Å²) >= 11 is 0. The molecule has 0 amide bonds. The van der Waals surface area contributed by atoms with E-state index in [0.717, 1.165) is 27.8 Å². The first-order valence-corrected chi connectivity index (χ1v) is 9.37. The maximum Gasteiger partial charge on any atom is 0.335 e. The van der Waals surface area contributed by atoms with Gasteiger partial charge in [-0.25, -0.2) is 4.79 Å². The molecule has 5 heteroatoms. The first kappa shape index (κ1) is 23.7.